The minimum atomic E-state index is -4.73. The molecule has 0 unspecified atom stereocenters. The van der Waals surface area contributed by atoms with Crippen LogP contribution in [-0.2, 0) is 22.3 Å². The number of hydrogen-bond acceptors (Lipinski definition) is 4. The second-order valence-electron chi connectivity index (χ2n) is 7.58. The Morgan fingerprint density at radius 1 is 1.16 bits per heavy atom. The first-order valence-corrected chi connectivity index (χ1v) is 10.0. The lowest BCUT2D eigenvalue weighted by atomic mass is 9.75. The summed E-state index contributed by atoms with van der Waals surface area (Å²) in [5.41, 5.74) is -0.835. The fourth-order valence-electron chi connectivity index (χ4n) is 4.12. The maximum Gasteiger partial charge on any atom is 0.417 e. The summed E-state index contributed by atoms with van der Waals surface area (Å²) in [6.07, 6.45) is -2.78. The van der Waals surface area contributed by atoms with E-state index in [0.717, 1.165) is 29.0 Å². The summed E-state index contributed by atoms with van der Waals surface area (Å²) in [5, 5.41) is 9.18. The molecule has 1 spiro atoms. The number of methoxy groups -OCH3 is 1. The van der Waals surface area contributed by atoms with Crippen molar-refractivity contribution in [1.29, 1.82) is 5.26 Å². The number of ether oxygens (including phenoxy) is 1. The molecule has 0 aromatic heterocycles. The van der Waals surface area contributed by atoms with Crippen LogP contribution in [-0.4, -0.2) is 23.7 Å². The number of anilines is 2. The van der Waals surface area contributed by atoms with E-state index in [9.17, 15) is 18.0 Å². The summed E-state index contributed by atoms with van der Waals surface area (Å²) >= 11 is 5.59. The van der Waals surface area contributed by atoms with Crippen molar-refractivity contribution in [3.63, 3.8) is 0 Å². The molecule has 9 heteroatoms. The molecular formula is C22H18F3N3O2S. The van der Waals surface area contributed by atoms with Crippen molar-refractivity contribution in [3.05, 3.63) is 59.2 Å². The average molecular weight is 445 g/mol. The standard InChI is InChI=1S/C22H18F3N3O2S/c1-30-13-14-3-6-16(7-4-14)28-20(31)27(19(29)21(28)9-2-10-21)17-8-5-15(12-26)18(11-17)22(23,24)25/h3-8,11H,2,9-10,13H2,1H3. The van der Waals surface area contributed by atoms with Gasteiger partial charge in [-0.05, 0) is 67.4 Å². The van der Waals surface area contributed by atoms with Gasteiger partial charge in [0.2, 0.25) is 0 Å². The van der Waals surface area contributed by atoms with Crippen LogP contribution in [0.15, 0.2) is 42.5 Å². The topological polar surface area (TPSA) is 56.6 Å². The van der Waals surface area contributed by atoms with Gasteiger partial charge < -0.3 is 9.64 Å². The summed E-state index contributed by atoms with van der Waals surface area (Å²) in [6.45, 7) is 0.437. The Hall–Kier alpha value is -2.96. The zero-order valence-electron chi connectivity index (χ0n) is 16.6. The van der Waals surface area contributed by atoms with Crippen molar-refractivity contribution in [2.75, 3.05) is 16.9 Å². The smallest absolute Gasteiger partial charge is 0.380 e. The van der Waals surface area contributed by atoms with Gasteiger partial charge in [0.15, 0.2) is 5.11 Å². The summed E-state index contributed by atoms with van der Waals surface area (Å²) in [5.74, 6) is -0.345. The third kappa shape index (κ3) is 3.36. The van der Waals surface area contributed by atoms with Gasteiger partial charge in [-0.25, -0.2) is 0 Å². The van der Waals surface area contributed by atoms with E-state index in [1.54, 1.807) is 18.1 Å². The highest BCUT2D eigenvalue weighted by Gasteiger charge is 2.59. The molecule has 1 aliphatic heterocycles. The summed E-state index contributed by atoms with van der Waals surface area (Å²) in [6, 6.07) is 12.2. The van der Waals surface area contributed by atoms with Crippen LogP contribution in [0.3, 0.4) is 0 Å². The van der Waals surface area contributed by atoms with Crippen LogP contribution in [0.25, 0.3) is 0 Å². The molecule has 2 aromatic rings. The van der Waals surface area contributed by atoms with Crippen LogP contribution in [0.5, 0.6) is 0 Å². The molecule has 2 aliphatic rings. The Morgan fingerprint density at radius 3 is 2.32 bits per heavy atom. The number of benzene rings is 2. The van der Waals surface area contributed by atoms with Gasteiger partial charge >= 0.3 is 6.18 Å². The molecule has 0 atom stereocenters. The maximum atomic E-state index is 13.5. The summed E-state index contributed by atoms with van der Waals surface area (Å²) in [4.78, 5) is 16.3. The fourth-order valence-corrected chi connectivity index (χ4v) is 4.59. The van der Waals surface area contributed by atoms with E-state index < -0.39 is 22.8 Å². The molecule has 31 heavy (non-hydrogen) atoms. The minimum Gasteiger partial charge on any atom is -0.380 e. The largest absolute Gasteiger partial charge is 0.417 e. The van der Waals surface area contributed by atoms with E-state index in [2.05, 4.69) is 0 Å². The third-order valence-corrected chi connectivity index (χ3v) is 6.15. The van der Waals surface area contributed by atoms with Gasteiger partial charge in [0.1, 0.15) is 5.54 Å². The molecule has 0 radical (unpaired) electrons. The molecule has 4 rings (SSSR count). The molecule has 1 saturated heterocycles. The lowest BCUT2D eigenvalue weighted by Crippen LogP contribution is -2.55. The lowest BCUT2D eigenvalue weighted by molar-refractivity contribution is -0.137. The van der Waals surface area contributed by atoms with Gasteiger partial charge in [-0.2, -0.15) is 18.4 Å². The number of alkyl halides is 3. The van der Waals surface area contributed by atoms with E-state index in [4.69, 9.17) is 22.2 Å². The van der Waals surface area contributed by atoms with Crippen LogP contribution < -0.4 is 9.80 Å². The van der Waals surface area contributed by atoms with Crippen molar-refractivity contribution in [1.82, 2.24) is 0 Å². The molecule has 1 saturated carbocycles. The predicted octanol–water partition coefficient (Wildman–Crippen LogP) is 4.78. The van der Waals surface area contributed by atoms with Crippen molar-refractivity contribution >= 4 is 34.6 Å². The number of halogens is 3. The van der Waals surface area contributed by atoms with Crippen molar-refractivity contribution in [3.8, 4) is 6.07 Å². The Morgan fingerprint density at radius 2 is 1.81 bits per heavy atom. The number of hydrogen-bond donors (Lipinski definition) is 0. The first-order chi connectivity index (χ1) is 14.7. The number of amides is 1. The molecule has 1 heterocycles. The van der Waals surface area contributed by atoms with E-state index >= 15 is 0 Å². The van der Waals surface area contributed by atoms with Crippen molar-refractivity contribution in [2.45, 2.75) is 37.6 Å². The van der Waals surface area contributed by atoms with Crippen LogP contribution >= 0.6 is 12.2 Å². The van der Waals surface area contributed by atoms with E-state index in [1.165, 1.54) is 6.07 Å². The predicted molar refractivity (Wildman–Crippen MR) is 112 cm³/mol. The van der Waals surface area contributed by atoms with Gasteiger partial charge in [-0.1, -0.05) is 12.1 Å². The monoisotopic (exact) mass is 445 g/mol. The highest BCUT2D eigenvalue weighted by molar-refractivity contribution is 7.81. The number of carbonyl (C=O) groups is 1. The third-order valence-electron chi connectivity index (χ3n) is 5.79. The minimum absolute atomic E-state index is 0.00565. The number of nitrogens with zero attached hydrogens (tertiary/aromatic N) is 3. The quantitative estimate of drug-likeness (QED) is 0.634. The molecule has 0 bridgehead atoms. The van der Waals surface area contributed by atoms with Gasteiger partial charge in [0, 0.05) is 12.8 Å². The van der Waals surface area contributed by atoms with Gasteiger partial charge in [0.05, 0.1) is 29.5 Å². The molecule has 160 valence electrons. The Bertz CT molecular complexity index is 1090. The van der Waals surface area contributed by atoms with Gasteiger partial charge in [0.25, 0.3) is 5.91 Å². The Kier molecular flexibility index (Phi) is 5.23. The normalized spacial score (nSPS) is 17.8. The molecule has 0 N–H and O–H groups in total. The highest BCUT2D eigenvalue weighted by Crippen LogP contribution is 2.48. The zero-order chi connectivity index (χ0) is 22.4. The van der Waals surface area contributed by atoms with E-state index in [1.807, 2.05) is 24.3 Å². The molecule has 2 fully saturated rings. The first-order valence-electron chi connectivity index (χ1n) is 9.61. The summed E-state index contributed by atoms with van der Waals surface area (Å²) in [7, 11) is 1.59. The number of rotatable bonds is 4. The zero-order valence-corrected chi connectivity index (χ0v) is 17.4. The van der Waals surface area contributed by atoms with Crippen LogP contribution in [0.1, 0.15) is 36.0 Å². The highest BCUT2D eigenvalue weighted by atomic mass is 32.1. The van der Waals surface area contributed by atoms with E-state index in [-0.39, 0.29) is 16.7 Å². The Balaban J connectivity index is 1.77. The van der Waals surface area contributed by atoms with Crippen LogP contribution in [0.4, 0.5) is 24.5 Å². The summed E-state index contributed by atoms with van der Waals surface area (Å²) < 4.78 is 45.5. The molecule has 5 nitrogen and oxygen atoms in total. The number of nitriles is 1. The Labute approximate surface area is 182 Å². The maximum absolute atomic E-state index is 13.5. The molecular weight excluding hydrogens is 427 g/mol. The van der Waals surface area contributed by atoms with Crippen molar-refractivity contribution in [2.24, 2.45) is 0 Å². The van der Waals surface area contributed by atoms with Gasteiger partial charge in [-0.3, -0.25) is 9.69 Å². The first kappa shape index (κ1) is 21.3. The fraction of sp³-hybridized carbons (Fsp3) is 0.318. The van der Waals surface area contributed by atoms with Crippen molar-refractivity contribution < 1.29 is 22.7 Å². The van der Waals surface area contributed by atoms with Gasteiger partial charge in [-0.15, -0.1) is 0 Å². The average Bonchev–Trinajstić information content (AvgIpc) is 2.94. The lowest BCUT2D eigenvalue weighted by Gasteiger charge is -2.43. The number of thiocarbonyl (C=S) groups is 1. The SMILES string of the molecule is COCc1ccc(N2C(=S)N(c3ccc(C#N)c(C(F)(F)F)c3)C(=O)C23CCC3)cc1. The van der Waals surface area contributed by atoms with Crippen LogP contribution in [0.2, 0.25) is 0 Å². The molecule has 2 aromatic carbocycles. The number of carbonyl (C=O) groups excluding carboxylic acids is 1. The van der Waals surface area contributed by atoms with E-state index in [0.29, 0.717) is 25.1 Å². The van der Waals surface area contributed by atoms with Crippen LogP contribution in [0, 0.1) is 11.3 Å². The second kappa shape index (κ2) is 7.62. The molecule has 1 aliphatic carbocycles. The second-order valence-corrected chi connectivity index (χ2v) is 7.95. The molecule has 1 amide bonds.